The normalized spacial score (nSPS) is 17.4. The summed E-state index contributed by atoms with van der Waals surface area (Å²) in [5.41, 5.74) is 7.26. The van der Waals surface area contributed by atoms with E-state index >= 15 is 0 Å². The number of amides is 3. The first-order valence-electron chi connectivity index (χ1n) is 6.82. The smallest absolute Gasteiger partial charge is 0.407 e. The van der Waals surface area contributed by atoms with Crippen LogP contribution in [0.3, 0.4) is 0 Å². The number of hydrogen-bond donors (Lipinski definition) is 3. The van der Waals surface area contributed by atoms with E-state index in [0.29, 0.717) is 26.1 Å². The monoisotopic (exact) mass is 292 g/mol. The number of carbonyl (C=O) groups excluding carboxylic acids is 2. The zero-order valence-electron chi connectivity index (χ0n) is 12.0. The van der Waals surface area contributed by atoms with Gasteiger partial charge in [0.1, 0.15) is 0 Å². The molecule has 1 unspecified atom stereocenters. The summed E-state index contributed by atoms with van der Waals surface area (Å²) >= 11 is 0. The average molecular weight is 292 g/mol. The number of hydrogen-bond acceptors (Lipinski definition) is 4. The van der Waals surface area contributed by atoms with E-state index in [9.17, 15) is 9.59 Å². The van der Waals surface area contributed by atoms with Crippen molar-refractivity contribution in [2.24, 2.45) is 5.73 Å². The molecular weight excluding hydrogens is 272 g/mol. The molecule has 7 nitrogen and oxygen atoms in total. The molecule has 1 aliphatic heterocycles. The molecule has 0 saturated carbocycles. The van der Waals surface area contributed by atoms with Crippen LogP contribution in [0.25, 0.3) is 0 Å². The number of carbonyl (C=O) groups is 2. The van der Waals surface area contributed by atoms with Gasteiger partial charge in [0.05, 0.1) is 13.2 Å². The fourth-order valence-corrected chi connectivity index (χ4v) is 2.21. The van der Waals surface area contributed by atoms with E-state index in [1.165, 1.54) is 7.11 Å². The van der Waals surface area contributed by atoms with Crippen molar-refractivity contribution < 1.29 is 14.3 Å². The van der Waals surface area contributed by atoms with Gasteiger partial charge in [-0.05, 0) is 24.1 Å². The summed E-state index contributed by atoms with van der Waals surface area (Å²) in [5.74, 6) is 0. The van der Waals surface area contributed by atoms with Gasteiger partial charge in [-0.3, -0.25) is 0 Å². The van der Waals surface area contributed by atoms with E-state index in [1.54, 1.807) is 4.90 Å². The highest BCUT2D eigenvalue weighted by Crippen LogP contribution is 2.14. The number of urea groups is 1. The lowest BCUT2D eigenvalue weighted by atomic mass is 10.2. The lowest BCUT2D eigenvalue weighted by Gasteiger charge is -2.17. The van der Waals surface area contributed by atoms with Gasteiger partial charge in [0.15, 0.2) is 0 Å². The minimum Gasteiger partial charge on any atom is -0.453 e. The first-order valence-corrected chi connectivity index (χ1v) is 6.82. The Labute approximate surface area is 123 Å². The third-order valence-electron chi connectivity index (χ3n) is 3.42. The van der Waals surface area contributed by atoms with E-state index < -0.39 is 6.09 Å². The maximum Gasteiger partial charge on any atom is 0.407 e. The minimum atomic E-state index is -0.473. The molecular formula is C14H20N4O3. The van der Waals surface area contributed by atoms with Crippen LogP contribution in [-0.2, 0) is 11.3 Å². The summed E-state index contributed by atoms with van der Waals surface area (Å²) in [4.78, 5) is 24.9. The van der Waals surface area contributed by atoms with E-state index in [4.69, 9.17) is 5.73 Å². The SMILES string of the molecule is COC(=O)NC1CCN(C(=O)Nc2ccc(CN)cc2)C1. The maximum absolute atomic E-state index is 12.1. The Morgan fingerprint density at radius 1 is 1.38 bits per heavy atom. The number of alkyl carbamates (subject to hydrolysis) is 1. The Bertz CT molecular complexity index is 503. The highest BCUT2D eigenvalue weighted by Gasteiger charge is 2.27. The van der Waals surface area contributed by atoms with Crippen molar-refractivity contribution in [2.45, 2.75) is 19.0 Å². The first kappa shape index (κ1) is 15.1. The number of methoxy groups -OCH3 is 1. The highest BCUT2D eigenvalue weighted by atomic mass is 16.5. The van der Waals surface area contributed by atoms with Crippen LogP contribution in [0.5, 0.6) is 0 Å². The molecule has 2 rings (SSSR count). The lowest BCUT2D eigenvalue weighted by molar-refractivity contribution is 0.166. The molecule has 1 fully saturated rings. The van der Waals surface area contributed by atoms with Crippen molar-refractivity contribution in [3.05, 3.63) is 29.8 Å². The predicted molar refractivity (Wildman–Crippen MR) is 78.9 cm³/mol. The van der Waals surface area contributed by atoms with Crippen LogP contribution in [0.1, 0.15) is 12.0 Å². The van der Waals surface area contributed by atoms with Gasteiger partial charge in [-0.15, -0.1) is 0 Å². The third kappa shape index (κ3) is 4.09. The first-order chi connectivity index (χ1) is 10.1. The fourth-order valence-electron chi connectivity index (χ4n) is 2.21. The summed E-state index contributed by atoms with van der Waals surface area (Å²) < 4.78 is 4.55. The Balaban J connectivity index is 1.85. The summed E-state index contributed by atoms with van der Waals surface area (Å²) in [7, 11) is 1.32. The molecule has 1 aromatic carbocycles. The second-order valence-corrected chi connectivity index (χ2v) is 4.90. The number of benzene rings is 1. The second kappa shape index (κ2) is 6.94. The van der Waals surface area contributed by atoms with Gasteiger partial charge in [0.2, 0.25) is 0 Å². The van der Waals surface area contributed by atoms with Crippen molar-refractivity contribution in [3.8, 4) is 0 Å². The van der Waals surface area contributed by atoms with Crippen molar-refractivity contribution in [1.82, 2.24) is 10.2 Å². The summed E-state index contributed by atoms with van der Waals surface area (Å²) in [5, 5.41) is 5.52. The molecule has 1 saturated heterocycles. The maximum atomic E-state index is 12.1. The molecule has 4 N–H and O–H groups in total. The van der Waals surface area contributed by atoms with E-state index in [1.807, 2.05) is 24.3 Å². The van der Waals surface area contributed by atoms with Crippen LogP contribution in [0, 0.1) is 0 Å². The van der Waals surface area contributed by atoms with Crippen molar-refractivity contribution in [1.29, 1.82) is 0 Å². The number of ether oxygens (including phenoxy) is 1. The number of nitrogens with two attached hydrogens (primary N) is 1. The van der Waals surface area contributed by atoms with Gasteiger partial charge in [-0.2, -0.15) is 0 Å². The van der Waals surface area contributed by atoms with Gasteiger partial charge in [0.25, 0.3) is 0 Å². The van der Waals surface area contributed by atoms with E-state index in [2.05, 4.69) is 15.4 Å². The third-order valence-corrected chi connectivity index (χ3v) is 3.42. The Morgan fingerprint density at radius 3 is 2.71 bits per heavy atom. The molecule has 0 aromatic heterocycles. The molecule has 1 aromatic rings. The van der Waals surface area contributed by atoms with Crippen LogP contribution in [0.15, 0.2) is 24.3 Å². The fraction of sp³-hybridized carbons (Fsp3) is 0.429. The van der Waals surface area contributed by atoms with Crippen LogP contribution in [-0.4, -0.2) is 43.3 Å². The van der Waals surface area contributed by atoms with E-state index in [-0.39, 0.29) is 12.1 Å². The number of anilines is 1. The van der Waals surface area contributed by atoms with Gasteiger partial charge in [-0.1, -0.05) is 12.1 Å². The Hall–Kier alpha value is -2.28. The summed E-state index contributed by atoms with van der Waals surface area (Å²) in [6.45, 7) is 1.55. The average Bonchev–Trinajstić information content (AvgIpc) is 2.96. The largest absolute Gasteiger partial charge is 0.453 e. The molecule has 0 spiro atoms. The molecule has 114 valence electrons. The molecule has 7 heteroatoms. The quantitative estimate of drug-likeness (QED) is 0.777. The highest BCUT2D eigenvalue weighted by molar-refractivity contribution is 5.89. The number of likely N-dealkylation sites (tertiary alicyclic amines) is 1. The molecule has 0 aliphatic carbocycles. The molecule has 1 heterocycles. The number of nitrogens with one attached hydrogen (secondary N) is 2. The molecule has 3 amide bonds. The number of rotatable bonds is 3. The molecule has 1 aliphatic rings. The van der Waals surface area contributed by atoms with Gasteiger partial charge in [0, 0.05) is 25.3 Å². The molecule has 1 atom stereocenters. The second-order valence-electron chi connectivity index (χ2n) is 4.90. The van der Waals surface area contributed by atoms with Crippen molar-refractivity contribution >= 4 is 17.8 Å². The van der Waals surface area contributed by atoms with Crippen LogP contribution in [0.2, 0.25) is 0 Å². The number of nitrogens with zero attached hydrogens (tertiary/aromatic N) is 1. The Morgan fingerprint density at radius 2 is 2.10 bits per heavy atom. The zero-order valence-corrected chi connectivity index (χ0v) is 12.0. The Kier molecular flexibility index (Phi) is 4.99. The van der Waals surface area contributed by atoms with Crippen LogP contribution in [0.4, 0.5) is 15.3 Å². The van der Waals surface area contributed by atoms with Gasteiger partial charge in [-0.25, -0.2) is 9.59 Å². The topological polar surface area (TPSA) is 96.7 Å². The molecule has 21 heavy (non-hydrogen) atoms. The van der Waals surface area contributed by atoms with Gasteiger partial charge >= 0.3 is 12.1 Å². The van der Waals surface area contributed by atoms with Crippen molar-refractivity contribution in [2.75, 3.05) is 25.5 Å². The lowest BCUT2D eigenvalue weighted by Crippen LogP contribution is -2.39. The van der Waals surface area contributed by atoms with Crippen LogP contribution < -0.4 is 16.4 Å². The summed E-state index contributed by atoms with van der Waals surface area (Å²) in [6.07, 6.45) is 0.244. The van der Waals surface area contributed by atoms with Gasteiger partial charge < -0.3 is 26.0 Å². The standard InChI is InChI=1S/C14H20N4O3/c1-21-14(20)17-12-6-7-18(9-12)13(19)16-11-4-2-10(8-15)3-5-11/h2-5,12H,6-9,15H2,1H3,(H,16,19)(H,17,20). The minimum absolute atomic E-state index is 0.0668. The molecule has 0 bridgehead atoms. The molecule has 0 radical (unpaired) electrons. The zero-order chi connectivity index (χ0) is 15.2. The van der Waals surface area contributed by atoms with Crippen molar-refractivity contribution in [3.63, 3.8) is 0 Å². The van der Waals surface area contributed by atoms with Crippen LogP contribution >= 0.6 is 0 Å². The van der Waals surface area contributed by atoms with E-state index in [0.717, 1.165) is 11.3 Å². The predicted octanol–water partition coefficient (Wildman–Crippen LogP) is 1.11. The summed E-state index contributed by atoms with van der Waals surface area (Å²) in [6, 6.07) is 7.15.